The van der Waals surface area contributed by atoms with E-state index in [0.29, 0.717) is 16.3 Å². The van der Waals surface area contributed by atoms with Crippen molar-refractivity contribution in [3.63, 3.8) is 0 Å². The van der Waals surface area contributed by atoms with Crippen LogP contribution in [-0.4, -0.2) is 19.0 Å². The maximum Gasteiger partial charge on any atom is 0.341 e. The topological polar surface area (TPSA) is 68.5 Å². The monoisotopic (exact) mass is 395 g/mol. The average molecular weight is 395 g/mol. The van der Waals surface area contributed by atoms with Crippen molar-refractivity contribution in [1.29, 1.82) is 0 Å². The normalized spacial score (nSPS) is 11.0. The predicted molar refractivity (Wildman–Crippen MR) is 112 cm³/mol. The Morgan fingerprint density at radius 2 is 1.93 bits per heavy atom. The molecule has 0 radical (unpaired) electrons. The first-order valence-corrected chi connectivity index (χ1v) is 9.54. The van der Waals surface area contributed by atoms with Crippen molar-refractivity contribution in [2.24, 2.45) is 0 Å². The van der Waals surface area contributed by atoms with Gasteiger partial charge in [0.05, 0.1) is 13.4 Å². The van der Waals surface area contributed by atoms with E-state index >= 15 is 0 Å². The number of anilines is 1. The second-order valence-electron chi connectivity index (χ2n) is 6.37. The Hall–Kier alpha value is -3.12. The highest BCUT2D eigenvalue weighted by Gasteiger charge is 2.25. The number of carbonyl (C=O) groups is 2. The third-order valence-electron chi connectivity index (χ3n) is 4.45. The Bertz CT molecular complexity index is 1040. The van der Waals surface area contributed by atoms with Crippen LogP contribution in [0.5, 0.6) is 0 Å². The molecule has 2 aromatic heterocycles. The first-order chi connectivity index (χ1) is 13.4. The fourth-order valence-corrected chi connectivity index (χ4v) is 3.94. The Morgan fingerprint density at radius 1 is 1.14 bits per heavy atom. The number of nitrogens with one attached hydrogen (secondary N) is 1. The van der Waals surface area contributed by atoms with Gasteiger partial charge in [-0.3, -0.25) is 4.79 Å². The lowest BCUT2D eigenvalue weighted by Crippen LogP contribution is -2.11. The average Bonchev–Trinajstić information content (AvgIpc) is 3.29. The van der Waals surface area contributed by atoms with Gasteiger partial charge >= 0.3 is 5.97 Å². The highest BCUT2D eigenvalue weighted by Crippen LogP contribution is 2.40. The summed E-state index contributed by atoms with van der Waals surface area (Å²) < 4.78 is 10.2. The van der Waals surface area contributed by atoms with E-state index in [1.165, 1.54) is 36.3 Å². The number of rotatable bonds is 5. The van der Waals surface area contributed by atoms with Crippen LogP contribution in [0, 0.1) is 20.8 Å². The molecule has 1 amide bonds. The van der Waals surface area contributed by atoms with Gasteiger partial charge in [-0.1, -0.05) is 18.2 Å². The molecule has 0 fully saturated rings. The number of carbonyl (C=O) groups excluding carboxylic acids is 2. The summed E-state index contributed by atoms with van der Waals surface area (Å²) >= 11 is 1.35. The molecular formula is C22H21NO4S. The van der Waals surface area contributed by atoms with E-state index in [4.69, 9.17) is 9.15 Å². The van der Waals surface area contributed by atoms with Crippen molar-refractivity contribution >= 4 is 34.3 Å². The molecule has 0 aliphatic heterocycles. The van der Waals surface area contributed by atoms with Crippen molar-refractivity contribution in [3.8, 4) is 11.1 Å². The number of methoxy groups -OCH3 is 1. The van der Waals surface area contributed by atoms with E-state index in [9.17, 15) is 9.59 Å². The summed E-state index contributed by atoms with van der Waals surface area (Å²) in [6.07, 6.45) is 4.47. The number of aryl methyl sites for hydroxylation is 3. The number of ether oxygens (including phenoxy) is 1. The molecule has 2 heterocycles. The maximum absolute atomic E-state index is 12.5. The predicted octanol–water partition coefficient (Wildman–Crippen LogP) is 5.37. The van der Waals surface area contributed by atoms with Crippen LogP contribution in [-0.2, 0) is 9.53 Å². The van der Waals surface area contributed by atoms with Gasteiger partial charge in [0, 0.05) is 16.5 Å². The molecule has 0 aliphatic carbocycles. The molecule has 3 aromatic rings. The largest absolute Gasteiger partial charge is 0.465 e. The van der Waals surface area contributed by atoms with E-state index < -0.39 is 5.97 Å². The lowest BCUT2D eigenvalue weighted by Gasteiger charge is -2.09. The van der Waals surface area contributed by atoms with Crippen LogP contribution in [0.1, 0.15) is 32.1 Å². The van der Waals surface area contributed by atoms with Crippen LogP contribution < -0.4 is 5.32 Å². The van der Waals surface area contributed by atoms with Gasteiger partial charge in [0.2, 0.25) is 5.91 Å². The van der Waals surface area contributed by atoms with E-state index in [1.807, 2.05) is 39.0 Å². The first kappa shape index (κ1) is 19.6. The highest BCUT2D eigenvalue weighted by molar-refractivity contribution is 7.17. The number of benzene rings is 1. The first-order valence-electron chi connectivity index (χ1n) is 8.72. The molecule has 0 aliphatic rings. The number of furan rings is 1. The fourth-order valence-electron chi connectivity index (χ4n) is 2.87. The highest BCUT2D eigenvalue weighted by atomic mass is 32.1. The number of hydrogen-bond acceptors (Lipinski definition) is 5. The van der Waals surface area contributed by atoms with Gasteiger partial charge in [-0.2, -0.15) is 0 Å². The van der Waals surface area contributed by atoms with E-state index in [1.54, 1.807) is 18.2 Å². The van der Waals surface area contributed by atoms with E-state index in [-0.39, 0.29) is 5.91 Å². The molecule has 1 aromatic carbocycles. The molecule has 0 saturated carbocycles. The van der Waals surface area contributed by atoms with Crippen LogP contribution in [0.25, 0.3) is 17.2 Å². The molecule has 6 heteroatoms. The van der Waals surface area contributed by atoms with Crippen molar-refractivity contribution in [2.75, 3.05) is 12.4 Å². The minimum Gasteiger partial charge on any atom is -0.465 e. The van der Waals surface area contributed by atoms with Crippen LogP contribution in [0.3, 0.4) is 0 Å². The SMILES string of the molecule is COC(=O)c1c(NC(=O)/C=C/c2ccco2)sc(C)c1-c1ccc(C)c(C)c1. The molecule has 0 spiro atoms. The quantitative estimate of drug-likeness (QED) is 0.466. The number of thiophene rings is 1. The van der Waals surface area contributed by atoms with Crippen LogP contribution in [0.15, 0.2) is 47.1 Å². The van der Waals surface area contributed by atoms with Gasteiger partial charge in [-0.15, -0.1) is 11.3 Å². The summed E-state index contributed by atoms with van der Waals surface area (Å²) in [4.78, 5) is 25.8. The summed E-state index contributed by atoms with van der Waals surface area (Å²) in [5.74, 6) is -0.265. The minimum absolute atomic E-state index is 0.352. The molecule has 5 nitrogen and oxygen atoms in total. The summed E-state index contributed by atoms with van der Waals surface area (Å²) in [5, 5.41) is 3.26. The molecule has 28 heavy (non-hydrogen) atoms. The van der Waals surface area contributed by atoms with Gasteiger partial charge in [-0.25, -0.2) is 4.79 Å². The van der Waals surface area contributed by atoms with Crippen molar-refractivity contribution in [3.05, 3.63) is 70.0 Å². The van der Waals surface area contributed by atoms with Gasteiger partial charge in [-0.05, 0) is 55.7 Å². The molecule has 144 valence electrons. The summed E-state index contributed by atoms with van der Waals surface area (Å²) in [5.41, 5.74) is 4.38. The summed E-state index contributed by atoms with van der Waals surface area (Å²) in [6, 6.07) is 9.53. The van der Waals surface area contributed by atoms with Crippen molar-refractivity contribution in [2.45, 2.75) is 20.8 Å². The van der Waals surface area contributed by atoms with Crippen LogP contribution in [0.4, 0.5) is 5.00 Å². The molecule has 0 atom stereocenters. The lowest BCUT2D eigenvalue weighted by atomic mass is 9.97. The van der Waals surface area contributed by atoms with Gasteiger partial charge in [0.15, 0.2) is 0 Å². The summed E-state index contributed by atoms with van der Waals surface area (Å²) in [7, 11) is 1.34. The molecule has 3 rings (SSSR count). The van der Waals surface area contributed by atoms with Crippen molar-refractivity contribution < 1.29 is 18.7 Å². The maximum atomic E-state index is 12.5. The van der Waals surface area contributed by atoms with E-state index in [0.717, 1.165) is 21.6 Å². The molecule has 0 bridgehead atoms. The van der Waals surface area contributed by atoms with Gasteiger partial charge < -0.3 is 14.5 Å². The lowest BCUT2D eigenvalue weighted by molar-refractivity contribution is -0.111. The number of amides is 1. The molecule has 0 saturated heterocycles. The second-order valence-corrected chi connectivity index (χ2v) is 7.59. The standard InChI is InChI=1S/C22H21NO4S/c1-13-7-8-16(12-14(13)2)19-15(3)28-21(20(19)22(25)26-4)23-18(24)10-9-17-6-5-11-27-17/h5-12H,1-4H3,(H,23,24)/b10-9+. The third-order valence-corrected chi connectivity index (χ3v) is 5.47. The Morgan fingerprint density at radius 3 is 2.57 bits per heavy atom. The zero-order chi connectivity index (χ0) is 20.3. The Kier molecular flexibility index (Phi) is 5.80. The second kappa shape index (κ2) is 8.27. The van der Waals surface area contributed by atoms with Crippen LogP contribution in [0.2, 0.25) is 0 Å². The molecule has 0 unspecified atom stereocenters. The third kappa shape index (κ3) is 4.07. The Balaban J connectivity index is 1.98. The zero-order valence-corrected chi connectivity index (χ0v) is 17.0. The summed E-state index contributed by atoms with van der Waals surface area (Å²) in [6.45, 7) is 5.99. The van der Waals surface area contributed by atoms with Gasteiger partial charge in [0.1, 0.15) is 16.3 Å². The smallest absolute Gasteiger partial charge is 0.341 e. The van der Waals surface area contributed by atoms with Crippen LogP contribution >= 0.6 is 11.3 Å². The Labute approximate surface area is 167 Å². The van der Waals surface area contributed by atoms with Gasteiger partial charge in [0.25, 0.3) is 0 Å². The fraction of sp³-hybridized carbons (Fsp3) is 0.182. The van der Waals surface area contributed by atoms with E-state index in [2.05, 4.69) is 5.32 Å². The number of hydrogen-bond donors (Lipinski definition) is 1. The zero-order valence-electron chi connectivity index (χ0n) is 16.2. The van der Waals surface area contributed by atoms with Crippen molar-refractivity contribution in [1.82, 2.24) is 0 Å². The minimum atomic E-state index is -0.483. The molecular weight excluding hydrogens is 374 g/mol. The number of esters is 1. The molecule has 1 N–H and O–H groups in total.